The minimum atomic E-state index is -1.18. The Morgan fingerprint density at radius 3 is 2.62 bits per heavy atom. The molecular formula is C24H27N5O8. The van der Waals surface area contributed by atoms with Gasteiger partial charge < -0.3 is 30.0 Å². The number of urea groups is 1. The number of carbonyl (C=O) groups is 2. The first-order chi connectivity index (χ1) is 17.7. The van der Waals surface area contributed by atoms with Gasteiger partial charge in [0.15, 0.2) is 17.7 Å². The molecule has 1 aliphatic rings. The van der Waals surface area contributed by atoms with Crippen molar-refractivity contribution in [3.05, 3.63) is 75.0 Å². The molecular weight excluding hydrogens is 486 g/mol. The Morgan fingerprint density at radius 2 is 1.97 bits per heavy atom. The molecule has 0 bridgehead atoms. The predicted molar refractivity (Wildman–Crippen MR) is 132 cm³/mol. The van der Waals surface area contributed by atoms with E-state index in [9.17, 15) is 24.8 Å². The number of amides is 2. The molecule has 196 valence electrons. The molecule has 0 saturated carbocycles. The molecule has 0 fully saturated rings. The highest BCUT2D eigenvalue weighted by Gasteiger charge is 2.32. The molecule has 0 aliphatic carbocycles. The van der Waals surface area contributed by atoms with Gasteiger partial charge >= 0.3 is 12.0 Å². The molecule has 0 aromatic heterocycles. The van der Waals surface area contributed by atoms with Crippen molar-refractivity contribution in [1.29, 1.82) is 0 Å². The molecule has 0 spiro atoms. The topological polar surface area (TPSA) is 174 Å². The number of nitrogens with zero attached hydrogens (tertiary/aromatic N) is 2. The SMILES string of the molecule is CCOc1cc([C@H]2NC(=O)NC(C)=C2C(=O)OC)ccc1OC[C@H](O)N/N=C\c1ccc([N+](=O)[O-])cc1. The maximum atomic E-state index is 12.3. The Balaban J connectivity index is 1.68. The van der Waals surface area contributed by atoms with E-state index in [-0.39, 0.29) is 17.9 Å². The van der Waals surface area contributed by atoms with Gasteiger partial charge in [0, 0.05) is 17.8 Å². The highest BCUT2D eigenvalue weighted by atomic mass is 16.6. The third-order valence-electron chi connectivity index (χ3n) is 5.21. The van der Waals surface area contributed by atoms with Crippen LogP contribution >= 0.6 is 0 Å². The van der Waals surface area contributed by atoms with Crippen molar-refractivity contribution in [3.63, 3.8) is 0 Å². The zero-order chi connectivity index (χ0) is 26.9. The van der Waals surface area contributed by atoms with Gasteiger partial charge in [-0.3, -0.25) is 15.5 Å². The second-order valence-corrected chi connectivity index (χ2v) is 7.76. The number of carbonyl (C=O) groups excluding carboxylic acids is 2. The number of nitro groups is 1. The lowest BCUT2D eigenvalue weighted by Gasteiger charge is -2.28. The number of rotatable bonds is 11. The molecule has 4 N–H and O–H groups in total. The molecule has 2 aromatic carbocycles. The number of allylic oxidation sites excluding steroid dienone is 1. The van der Waals surface area contributed by atoms with E-state index < -0.39 is 29.2 Å². The summed E-state index contributed by atoms with van der Waals surface area (Å²) in [7, 11) is 1.26. The maximum absolute atomic E-state index is 12.3. The molecule has 2 amide bonds. The molecule has 1 aliphatic heterocycles. The first-order valence-electron chi connectivity index (χ1n) is 11.2. The van der Waals surface area contributed by atoms with Gasteiger partial charge in [-0.05, 0) is 49.2 Å². The summed E-state index contributed by atoms with van der Waals surface area (Å²) in [6, 6.07) is 9.41. The van der Waals surface area contributed by atoms with Gasteiger partial charge in [-0.1, -0.05) is 6.07 Å². The van der Waals surface area contributed by atoms with Gasteiger partial charge in [-0.25, -0.2) is 9.59 Å². The van der Waals surface area contributed by atoms with Gasteiger partial charge in [-0.2, -0.15) is 5.10 Å². The minimum Gasteiger partial charge on any atom is -0.490 e. The highest BCUT2D eigenvalue weighted by molar-refractivity contribution is 5.95. The normalized spacial score (nSPS) is 16.0. The third-order valence-corrected chi connectivity index (χ3v) is 5.21. The standard InChI is InChI=1S/C24H27N5O8/c1-4-36-19-11-16(22-21(23(31)35-3)14(2)26-24(32)27-22)7-10-18(19)37-13-20(30)28-25-12-15-5-8-17(9-6-15)29(33)34/h5-12,20,22,28,30H,4,13H2,1-3H3,(H2,26,27,32)/b25-12-/t20-,22+/m0/s1. The summed E-state index contributed by atoms with van der Waals surface area (Å²) in [5, 5.41) is 30.1. The first-order valence-corrected chi connectivity index (χ1v) is 11.2. The van der Waals surface area contributed by atoms with Crippen LogP contribution in [-0.2, 0) is 9.53 Å². The monoisotopic (exact) mass is 513 g/mol. The second-order valence-electron chi connectivity index (χ2n) is 7.76. The molecule has 0 saturated heterocycles. The summed E-state index contributed by atoms with van der Waals surface area (Å²) in [5.74, 6) is 0.0828. The van der Waals surface area contributed by atoms with Crippen molar-refractivity contribution < 1.29 is 33.8 Å². The van der Waals surface area contributed by atoms with Crippen molar-refractivity contribution in [1.82, 2.24) is 16.1 Å². The molecule has 13 heteroatoms. The number of non-ortho nitro benzene ring substituents is 1. The number of benzene rings is 2. The van der Waals surface area contributed by atoms with Crippen molar-refractivity contribution in [2.75, 3.05) is 20.3 Å². The van der Waals surface area contributed by atoms with Crippen LogP contribution in [-0.4, -0.2) is 54.8 Å². The fourth-order valence-corrected chi connectivity index (χ4v) is 3.50. The number of ether oxygens (including phenoxy) is 3. The summed E-state index contributed by atoms with van der Waals surface area (Å²) in [5.41, 5.74) is 4.26. The number of aliphatic hydroxyl groups is 1. The Labute approximate surface area is 212 Å². The van der Waals surface area contributed by atoms with Crippen LogP contribution in [0.5, 0.6) is 11.5 Å². The van der Waals surface area contributed by atoms with Gasteiger partial charge in [0.1, 0.15) is 6.61 Å². The van der Waals surface area contributed by atoms with Crippen molar-refractivity contribution >= 4 is 23.9 Å². The number of aliphatic hydroxyl groups excluding tert-OH is 1. The van der Waals surface area contributed by atoms with Crippen LogP contribution in [0.2, 0.25) is 0 Å². The van der Waals surface area contributed by atoms with E-state index in [4.69, 9.17) is 14.2 Å². The number of methoxy groups -OCH3 is 1. The van der Waals surface area contributed by atoms with E-state index in [1.54, 1.807) is 32.0 Å². The Bertz CT molecular complexity index is 1210. The van der Waals surface area contributed by atoms with Gasteiger partial charge in [0.25, 0.3) is 5.69 Å². The number of hydrogen-bond donors (Lipinski definition) is 4. The average molecular weight is 514 g/mol. The predicted octanol–water partition coefficient (Wildman–Crippen LogP) is 2.12. The highest BCUT2D eigenvalue weighted by Crippen LogP contribution is 2.34. The van der Waals surface area contributed by atoms with Crippen LogP contribution in [0.3, 0.4) is 0 Å². The smallest absolute Gasteiger partial charge is 0.337 e. The maximum Gasteiger partial charge on any atom is 0.337 e. The third kappa shape index (κ3) is 6.95. The minimum absolute atomic E-state index is 0.0372. The lowest BCUT2D eigenvalue weighted by molar-refractivity contribution is -0.384. The largest absolute Gasteiger partial charge is 0.490 e. The molecule has 0 unspecified atom stereocenters. The van der Waals surface area contributed by atoms with Gasteiger partial charge in [0.2, 0.25) is 0 Å². The zero-order valence-corrected chi connectivity index (χ0v) is 20.4. The molecule has 37 heavy (non-hydrogen) atoms. The van der Waals surface area contributed by atoms with Crippen molar-refractivity contribution in [2.45, 2.75) is 26.1 Å². The Hall–Kier alpha value is -4.65. The Kier molecular flexibility index (Phi) is 9.00. The summed E-state index contributed by atoms with van der Waals surface area (Å²) in [6.45, 7) is 3.53. The second kappa shape index (κ2) is 12.4. The van der Waals surface area contributed by atoms with E-state index in [1.165, 1.54) is 37.6 Å². The van der Waals surface area contributed by atoms with Crippen LogP contribution in [0.15, 0.2) is 58.8 Å². The van der Waals surface area contributed by atoms with Gasteiger partial charge in [-0.15, -0.1) is 0 Å². The Morgan fingerprint density at radius 1 is 1.24 bits per heavy atom. The number of hydrogen-bond acceptors (Lipinski definition) is 10. The van der Waals surface area contributed by atoms with Crippen LogP contribution in [0.25, 0.3) is 0 Å². The van der Waals surface area contributed by atoms with Crippen LogP contribution in [0, 0.1) is 10.1 Å². The molecule has 0 radical (unpaired) electrons. The lowest BCUT2D eigenvalue weighted by Crippen LogP contribution is -2.45. The number of nitrogens with one attached hydrogen (secondary N) is 3. The molecule has 3 rings (SSSR count). The lowest BCUT2D eigenvalue weighted by atomic mass is 9.95. The number of esters is 1. The van der Waals surface area contributed by atoms with E-state index in [0.29, 0.717) is 34.9 Å². The summed E-state index contributed by atoms with van der Waals surface area (Å²) < 4.78 is 16.2. The van der Waals surface area contributed by atoms with Crippen LogP contribution in [0.4, 0.5) is 10.5 Å². The van der Waals surface area contributed by atoms with Crippen LogP contribution < -0.4 is 25.5 Å². The summed E-state index contributed by atoms with van der Waals surface area (Å²) in [4.78, 5) is 34.6. The zero-order valence-electron chi connectivity index (χ0n) is 20.4. The molecule has 2 atom stereocenters. The van der Waals surface area contributed by atoms with E-state index in [0.717, 1.165) is 0 Å². The summed E-state index contributed by atoms with van der Waals surface area (Å²) in [6.07, 6.45) is 0.221. The first kappa shape index (κ1) is 26.9. The van der Waals surface area contributed by atoms with E-state index in [2.05, 4.69) is 21.2 Å². The quantitative estimate of drug-likeness (QED) is 0.115. The van der Waals surface area contributed by atoms with E-state index in [1.807, 2.05) is 0 Å². The average Bonchev–Trinajstić information content (AvgIpc) is 2.87. The summed E-state index contributed by atoms with van der Waals surface area (Å²) >= 11 is 0. The fraction of sp³-hybridized carbons (Fsp3) is 0.292. The van der Waals surface area contributed by atoms with Crippen molar-refractivity contribution in [3.8, 4) is 11.5 Å². The number of hydrazone groups is 1. The van der Waals surface area contributed by atoms with Gasteiger partial charge in [0.05, 0.1) is 36.5 Å². The van der Waals surface area contributed by atoms with Crippen molar-refractivity contribution in [2.24, 2.45) is 5.10 Å². The fourth-order valence-electron chi connectivity index (χ4n) is 3.50. The molecule has 2 aromatic rings. The number of nitro benzene ring substituents is 1. The molecule has 13 nitrogen and oxygen atoms in total. The van der Waals surface area contributed by atoms with E-state index >= 15 is 0 Å². The van der Waals surface area contributed by atoms with Crippen LogP contribution in [0.1, 0.15) is 31.0 Å². The molecule has 1 heterocycles.